The van der Waals surface area contributed by atoms with Crippen LogP contribution in [-0.4, -0.2) is 61.4 Å². The summed E-state index contributed by atoms with van der Waals surface area (Å²) in [5.74, 6) is -1.14. The van der Waals surface area contributed by atoms with E-state index in [0.717, 1.165) is 4.31 Å². The SMILES string of the molecule is CN(C)[C@@H]1C[C@@H](C(=O)O)N(S(=O)(=O)c2cc3ccccc3o2)C1. The zero-order valence-corrected chi connectivity index (χ0v) is 13.7. The molecule has 8 heteroatoms. The van der Waals surface area contributed by atoms with Crippen LogP contribution in [0, 0.1) is 0 Å². The number of hydrogen-bond donors (Lipinski definition) is 1. The minimum atomic E-state index is -4.00. The smallest absolute Gasteiger partial charge is 0.322 e. The predicted molar refractivity (Wildman–Crippen MR) is 83.6 cm³/mol. The highest BCUT2D eigenvalue weighted by Gasteiger charge is 2.45. The second-order valence-electron chi connectivity index (χ2n) is 5.89. The maximum atomic E-state index is 12.8. The molecule has 7 nitrogen and oxygen atoms in total. The number of likely N-dealkylation sites (N-methyl/N-ethyl adjacent to an activating group) is 1. The first-order valence-corrected chi connectivity index (χ1v) is 8.64. The Balaban J connectivity index is 2.01. The van der Waals surface area contributed by atoms with Gasteiger partial charge >= 0.3 is 5.97 Å². The number of aliphatic carboxylic acids is 1. The first-order chi connectivity index (χ1) is 10.8. The average molecular weight is 338 g/mol. The highest BCUT2D eigenvalue weighted by atomic mass is 32.2. The third-order valence-electron chi connectivity index (χ3n) is 4.21. The highest BCUT2D eigenvalue weighted by molar-refractivity contribution is 7.89. The Morgan fingerprint density at radius 3 is 2.65 bits per heavy atom. The van der Waals surface area contributed by atoms with Gasteiger partial charge in [0.1, 0.15) is 11.6 Å². The molecule has 2 heterocycles. The highest BCUT2D eigenvalue weighted by Crippen LogP contribution is 2.31. The molecular weight excluding hydrogens is 320 g/mol. The van der Waals surface area contributed by atoms with E-state index < -0.39 is 22.0 Å². The van der Waals surface area contributed by atoms with Crippen LogP contribution in [0.4, 0.5) is 0 Å². The molecule has 0 saturated carbocycles. The van der Waals surface area contributed by atoms with Crippen molar-refractivity contribution in [1.29, 1.82) is 0 Å². The third kappa shape index (κ3) is 2.73. The molecule has 124 valence electrons. The number of fused-ring (bicyclic) bond motifs is 1. The monoisotopic (exact) mass is 338 g/mol. The minimum absolute atomic E-state index is 0.128. The van der Waals surface area contributed by atoms with Crippen molar-refractivity contribution >= 4 is 27.0 Å². The van der Waals surface area contributed by atoms with E-state index in [0.29, 0.717) is 11.0 Å². The van der Waals surface area contributed by atoms with Gasteiger partial charge in [-0.3, -0.25) is 4.79 Å². The lowest BCUT2D eigenvalue weighted by Crippen LogP contribution is -2.40. The molecule has 0 amide bonds. The summed E-state index contributed by atoms with van der Waals surface area (Å²) in [5, 5.41) is 9.83. The van der Waals surface area contributed by atoms with E-state index in [1.807, 2.05) is 4.90 Å². The number of benzene rings is 1. The van der Waals surface area contributed by atoms with Crippen molar-refractivity contribution in [3.63, 3.8) is 0 Å². The number of para-hydroxylation sites is 1. The molecule has 0 radical (unpaired) electrons. The maximum absolute atomic E-state index is 12.8. The average Bonchev–Trinajstić information content (AvgIpc) is 3.12. The van der Waals surface area contributed by atoms with E-state index in [1.165, 1.54) is 6.07 Å². The third-order valence-corrected chi connectivity index (χ3v) is 5.95. The molecule has 2 atom stereocenters. The Kier molecular flexibility index (Phi) is 3.91. The van der Waals surface area contributed by atoms with Crippen LogP contribution in [-0.2, 0) is 14.8 Å². The first kappa shape index (κ1) is 16.0. The number of rotatable bonds is 4. The van der Waals surface area contributed by atoms with Gasteiger partial charge in [0.25, 0.3) is 10.0 Å². The fourth-order valence-electron chi connectivity index (χ4n) is 2.85. The number of carbonyl (C=O) groups is 1. The summed E-state index contributed by atoms with van der Waals surface area (Å²) in [6.45, 7) is 0.128. The molecule has 0 spiro atoms. The van der Waals surface area contributed by atoms with Gasteiger partial charge in [-0.25, -0.2) is 8.42 Å². The molecule has 0 aliphatic carbocycles. The number of sulfonamides is 1. The first-order valence-electron chi connectivity index (χ1n) is 7.20. The molecule has 23 heavy (non-hydrogen) atoms. The zero-order chi connectivity index (χ0) is 16.8. The molecular formula is C15H18N2O5S. The van der Waals surface area contributed by atoms with Crippen molar-refractivity contribution in [2.75, 3.05) is 20.6 Å². The van der Waals surface area contributed by atoms with Crippen molar-refractivity contribution in [3.8, 4) is 0 Å². The number of carboxylic acids is 1. The van der Waals surface area contributed by atoms with E-state index >= 15 is 0 Å². The van der Waals surface area contributed by atoms with Crippen LogP contribution in [0.2, 0.25) is 0 Å². The van der Waals surface area contributed by atoms with Gasteiger partial charge in [0, 0.05) is 24.0 Å². The zero-order valence-electron chi connectivity index (χ0n) is 12.8. The molecule has 1 aromatic carbocycles. The van der Waals surface area contributed by atoms with Crippen LogP contribution < -0.4 is 0 Å². The summed E-state index contributed by atoms with van der Waals surface area (Å²) in [5.41, 5.74) is 0.460. The van der Waals surface area contributed by atoms with Crippen molar-refractivity contribution in [1.82, 2.24) is 9.21 Å². The quantitative estimate of drug-likeness (QED) is 0.901. The van der Waals surface area contributed by atoms with E-state index in [-0.39, 0.29) is 24.1 Å². The van der Waals surface area contributed by atoms with Gasteiger partial charge in [-0.15, -0.1) is 0 Å². The second kappa shape index (κ2) is 5.63. The van der Waals surface area contributed by atoms with Crippen molar-refractivity contribution in [2.24, 2.45) is 0 Å². The molecule has 1 aromatic heterocycles. The molecule has 3 rings (SSSR count). The summed E-state index contributed by atoms with van der Waals surface area (Å²) in [4.78, 5) is 13.3. The second-order valence-corrected chi connectivity index (χ2v) is 7.71. The molecule has 0 bridgehead atoms. The Labute approximate surface area is 134 Å². The molecule has 1 aliphatic rings. The van der Waals surface area contributed by atoms with Gasteiger partial charge in [0.05, 0.1) is 0 Å². The van der Waals surface area contributed by atoms with Crippen LogP contribution in [0.5, 0.6) is 0 Å². The topological polar surface area (TPSA) is 91.1 Å². The maximum Gasteiger partial charge on any atom is 0.322 e. The van der Waals surface area contributed by atoms with Crippen LogP contribution >= 0.6 is 0 Å². The number of hydrogen-bond acceptors (Lipinski definition) is 5. The summed E-state index contributed by atoms with van der Waals surface area (Å²) < 4.78 is 32.1. The summed E-state index contributed by atoms with van der Waals surface area (Å²) >= 11 is 0. The van der Waals surface area contributed by atoms with Gasteiger partial charge < -0.3 is 14.4 Å². The summed E-state index contributed by atoms with van der Waals surface area (Å²) in [6, 6.07) is 7.17. The lowest BCUT2D eigenvalue weighted by atomic mass is 10.1. The van der Waals surface area contributed by atoms with Crippen LogP contribution in [0.1, 0.15) is 6.42 Å². The largest absolute Gasteiger partial charge is 0.480 e. The summed E-state index contributed by atoms with van der Waals surface area (Å²) in [7, 11) is -0.389. The fourth-order valence-corrected chi connectivity index (χ4v) is 4.43. The molecule has 1 aliphatic heterocycles. The number of furan rings is 1. The van der Waals surface area contributed by atoms with Gasteiger partial charge in [-0.2, -0.15) is 4.31 Å². The van der Waals surface area contributed by atoms with Gasteiger partial charge in [-0.05, 0) is 26.6 Å². The van der Waals surface area contributed by atoms with Gasteiger partial charge in [0.2, 0.25) is 5.09 Å². The van der Waals surface area contributed by atoms with Crippen molar-refractivity contribution in [2.45, 2.75) is 23.6 Å². The van der Waals surface area contributed by atoms with Gasteiger partial charge in [0.15, 0.2) is 0 Å². The Morgan fingerprint density at radius 2 is 2.04 bits per heavy atom. The number of nitrogens with zero attached hydrogens (tertiary/aromatic N) is 2. The van der Waals surface area contributed by atoms with Crippen molar-refractivity contribution in [3.05, 3.63) is 30.3 Å². The predicted octanol–water partition coefficient (Wildman–Crippen LogP) is 1.21. The van der Waals surface area contributed by atoms with Crippen LogP contribution in [0.25, 0.3) is 11.0 Å². The van der Waals surface area contributed by atoms with E-state index in [2.05, 4.69) is 0 Å². The Hall–Kier alpha value is -1.90. The summed E-state index contributed by atoms with van der Waals surface area (Å²) in [6.07, 6.45) is 0.252. The molecule has 1 N–H and O–H groups in total. The normalized spacial score (nSPS) is 22.9. The minimum Gasteiger partial charge on any atom is -0.480 e. The van der Waals surface area contributed by atoms with E-state index in [4.69, 9.17) is 4.42 Å². The van der Waals surface area contributed by atoms with E-state index in [1.54, 1.807) is 38.4 Å². The standard InChI is InChI=1S/C15H18N2O5S/c1-16(2)11-8-12(15(18)19)17(9-11)23(20,21)14-7-10-5-3-4-6-13(10)22-14/h3-7,11-12H,8-9H2,1-2H3,(H,18,19)/t11-,12+/m1/s1. The van der Waals surface area contributed by atoms with Crippen LogP contribution in [0.3, 0.4) is 0 Å². The van der Waals surface area contributed by atoms with E-state index in [9.17, 15) is 18.3 Å². The molecule has 1 saturated heterocycles. The van der Waals surface area contributed by atoms with Crippen molar-refractivity contribution < 1.29 is 22.7 Å². The fraction of sp³-hybridized carbons (Fsp3) is 0.400. The van der Waals surface area contributed by atoms with Gasteiger partial charge in [-0.1, -0.05) is 18.2 Å². The molecule has 1 fully saturated rings. The molecule has 0 unspecified atom stereocenters. The molecule has 2 aromatic rings. The lowest BCUT2D eigenvalue weighted by molar-refractivity contribution is -0.140. The Bertz CT molecular complexity index is 809. The lowest BCUT2D eigenvalue weighted by Gasteiger charge is -2.20. The van der Waals surface area contributed by atoms with Crippen LogP contribution in [0.15, 0.2) is 39.8 Å². The number of carboxylic acid groups (broad SMARTS) is 1. The Morgan fingerprint density at radius 1 is 1.35 bits per heavy atom.